The fraction of sp³-hybridized carbons (Fsp3) is 0.188. The van der Waals surface area contributed by atoms with E-state index in [0.717, 1.165) is 30.7 Å². The van der Waals surface area contributed by atoms with Gasteiger partial charge in [-0.15, -0.1) is 0 Å². The van der Waals surface area contributed by atoms with Crippen molar-refractivity contribution >= 4 is 17.0 Å². The molecule has 1 atom stereocenters. The number of rotatable bonds is 10. The number of ether oxygens (including phenoxy) is 3. The first-order valence-corrected chi connectivity index (χ1v) is 13.7. The summed E-state index contributed by atoms with van der Waals surface area (Å²) in [5.41, 5.74) is 0.193. The van der Waals surface area contributed by atoms with E-state index in [9.17, 15) is 18.7 Å². The van der Waals surface area contributed by atoms with E-state index in [1.807, 2.05) is 6.07 Å². The van der Waals surface area contributed by atoms with Gasteiger partial charge in [0.05, 0.1) is 41.1 Å². The molecule has 1 aliphatic rings. The maximum Gasteiger partial charge on any atom is 0.335 e. The van der Waals surface area contributed by atoms with E-state index < -0.39 is 35.0 Å². The molecular weight excluding hydrogens is 596 g/mol. The van der Waals surface area contributed by atoms with E-state index in [-0.39, 0.29) is 70.9 Å². The number of halogens is 4. The molecule has 3 aromatic carbocycles. The van der Waals surface area contributed by atoms with Crippen LogP contribution in [0.1, 0.15) is 39.4 Å². The molecule has 0 saturated carbocycles. The van der Waals surface area contributed by atoms with Crippen LogP contribution < -0.4 is 9.47 Å². The van der Waals surface area contributed by atoms with Crippen LogP contribution in [0.2, 0.25) is 0 Å². The van der Waals surface area contributed by atoms with Gasteiger partial charge >= 0.3 is 5.97 Å². The maximum atomic E-state index is 15.3. The number of carboxylic acids is 1. The zero-order chi connectivity index (χ0) is 31.7. The number of imidazole rings is 1. The molecule has 1 N–H and O–H groups in total. The van der Waals surface area contributed by atoms with Gasteiger partial charge in [-0.05, 0) is 54.4 Å². The smallest absolute Gasteiger partial charge is 0.335 e. The van der Waals surface area contributed by atoms with E-state index in [1.54, 1.807) is 16.7 Å². The van der Waals surface area contributed by atoms with Crippen LogP contribution >= 0.6 is 0 Å². The summed E-state index contributed by atoms with van der Waals surface area (Å²) in [6.07, 6.45) is 0.276. The third-order valence-electron chi connectivity index (χ3n) is 7.19. The van der Waals surface area contributed by atoms with Crippen LogP contribution in [0.3, 0.4) is 0 Å². The first kappa shape index (κ1) is 29.6. The highest BCUT2D eigenvalue weighted by Gasteiger charge is 2.25. The Kier molecular flexibility index (Phi) is 8.06. The predicted octanol–water partition coefficient (Wildman–Crippen LogP) is 6.31. The van der Waals surface area contributed by atoms with Crippen LogP contribution in [0, 0.1) is 34.6 Å². The summed E-state index contributed by atoms with van der Waals surface area (Å²) >= 11 is 0. The van der Waals surface area contributed by atoms with Gasteiger partial charge in [0.1, 0.15) is 23.8 Å². The van der Waals surface area contributed by atoms with Gasteiger partial charge in [-0.2, -0.15) is 5.26 Å². The first-order valence-electron chi connectivity index (χ1n) is 13.7. The van der Waals surface area contributed by atoms with Crippen molar-refractivity contribution in [3.63, 3.8) is 0 Å². The number of nitrogens with zero attached hydrogens (tertiary/aromatic N) is 4. The van der Waals surface area contributed by atoms with Crippen molar-refractivity contribution in [2.45, 2.75) is 32.1 Å². The van der Waals surface area contributed by atoms with Crippen LogP contribution in [0.4, 0.5) is 17.6 Å². The number of carbonyl (C=O) groups is 1. The summed E-state index contributed by atoms with van der Waals surface area (Å²) in [6, 6.07) is 14.1. The van der Waals surface area contributed by atoms with E-state index in [1.165, 1.54) is 24.3 Å². The van der Waals surface area contributed by atoms with Crippen molar-refractivity contribution in [2.75, 3.05) is 6.61 Å². The zero-order valence-electron chi connectivity index (χ0n) is 23.3. The lowest BCUT2D eigenvalue weighted by Crippen LogP contribution is -2.31. The molecule has 1 fully saturated rings. The highest BCUT2D eigenvalue weighted by atomic mass is 19.1. The number of hydrogen-bond acceptors (Lipinski definition) is 7. The Morgan fingerprint density at radius 2 is 1.80 bits per heavy atom. The largest absolute Gasteiger partial charge is 0.484 e. The summed E-state index contributed by atoms with van der Waals surface area (Å²) in [7, 11) is 0. The standard InChI is InChI=1S/C32H22F4N4O5/c33-22-13-28(45-30-3-1-2-20(38-30)16-44-27-5-4-17(14-37)8-23(27)34)24(35)9-18(22)12-29-39-31-25(36)10-19(32(41)42)11-26(31)40(29)15-21-6-7-43-21/h1-5,8-11,13,21H,6-7,12,15-16H2,(H,41,42)/t21-/m0/s1. The number of carboxylic acid groups (broad SMARTS) is 1. The molecule has 0 aliphatic carbocycles. The Morgan fingerprint density at radius 1 is 1.00 bits per heavy atom. The molecular formula is C32H22F4N4O5. The molecule has 5 aromatic rings. The van der Waals surface area contributed by atoms with Crippen LogP contribution in [-0.2, 0) is 24.3 Å². The number of aromatic carboxylic acids is 1. The fourth-order valence-electron chi connectivity index (χ4n) is 4.82. The molecule has 3 heterocycles. The second kappa shape index (κ2) is 12.3. The third kappa shape index (κ3) is 6.27. The molecule has 6 rings (SSSR count). The lowest BCUT2D eigenvalue weighted by atomic mass is 10.1. The molecule has 1 aliphatic heterocycles. The van der Waals surface area contributed by atoms with Gasteiger partial charge in [-0.3, -0.25) is 0 Å². The number of fused-ring (bicyclic) bond motifs is 1. The fourth-order valence-corrected chi connectivity index (χ4v) is 4.82. The number of aromatic nitrogens is 3. The van der Waals surface area contributed by atoms with Crippen LogP contribution in [0.15, 0.2) is 60.7 Å². The number of hydrogen-bond donors (Lipinski definition) is 1. The summed E-state index contributed by atoms with van der Waals surface area (Å²) in [5, 5.41) is 18.3. The SMILES string of the molecule is N#Cc1ccc(OCc2cccc(Oc3cc(F)c(Cc4nc5c(F)cc(C(=O)O)cc5n4C[C@@H]4CCO4)cc3F)n2)c(F)c1. The molecule has 9 nitrogen and oxygen atoms in total. The molecule has 228 valence electrons. The van der Waals surface area contributed by atoms with Gasteiger partial charge in [0.2, 0.25) is 5.88 Å². The maximum absolute atomic E-state index is 15.3. The molecule has 13 heteroatoms. The van der Waals surface area contributed by atoms with Gasteiger partial charge < -0.3 is 23.9 Å². The van der Waals surface area contributed by atoms with E-state index in [0.29, 0.717) is 12.3 Å². The molecule has 45 heavy (non-hydrogen) atoms. The topological polar surface area (TPSA) is 119 Å². The second-order valence-corrected chi connectivity index (χ2v) is 10.2. The minimum absolute atomic E-state index is 0.0746. The number of benzene rings is 3. The quantitative estimate of drug-likeness (QED) is 0.181. The molecule has 0 amide bonds. The Balaban J connectivity index is 1.22. The Labute approximate surface area is 252 Å². The number of pyridine rings is 1. The van der Waals surface area contributed by atoms with E-state index in [4.69, 9.17) is 19.5 Å². The Bertz CT molecular complexity index is 1990. The highest BCUT2D eigenvalue weighted by Crippen LogP contribution is 2.30. The van der Waals surface area contributed by atoms with Crippen molar-refractivity contribution in [1.29, 1.82) is 5.26 Å². The van der Waals surface area contributed by atoms with E-state index >= 15 is 8.78 Å². The molecule has 0 unspecified atom stereocenters. The number of nitriles is 1. The predicted molar refractivity (Wildman–Crippen MR) is 150 cm³/mol. The molecule has 0 spiro atoms. The van der Waals surface area contributed by atoms with Crippen LogP contribution in [0.25, 0.3) is 11.0 Å². The monoisotopic (exact) mass is 618 g/mol. The minimum Gasteiger partial charge on any atom is -0.484 e. The van der Waals surface area contributed by atoms with Gasteiger partial charge in [-0.1, -0.05) is 6.07 Å². The van der Waals surface area contributed by atoms with Gasteiger partial charge in [0.15, 0.2) is 29.0 Å². The average molecular weight is 619 g/mol. The van der Waals surface area contributed by atoms with E-state index in [2.05, 4.69) is 9.97 Å². The first-order chi connectivity index (χ1) is 21.7. The van der Waals surface area contributed by atoms with Crippen molar-refractivity contribution in [3.05, 3.63) is 112 Å². The lowest BCUT2D eigenvalue weighted by molar-refractivity contribution is -0.0589. The summed E-state index contributed by atoms with van der Waals surface area (Å²) in [4.78, 5) is 20.0. The van der Waals surface area contributed by atoms with Crippen molar-refractivity contribution in [1.82, 2.24) is 14.5 Å². The molecule has 1 saturated heterocycles. The summed E-state index contributed by atoms with van der Waals surface area (Å²) in [5.74, 6) is -5.04. The summed E-state index contributed by atoms with van der Waals surface area (Å²) < 4.78 is 77.5. The van der Waals surface area contributed by atoms with Crippen LogP contribution in [-0.4, -0.2) is 38.3 Å². The van der Waals surface area contributed by atoms with Gasteiger partial charge in [0.25, 0.3) is 0 Å². The molecule has 2 aromatic heterocycles. The lowest BCUT2D eigenvalue weighted by Gasteiger charge is -2.27. The average Bonchev–Trinajstić information content (AvgIpc) is 3.34. The van der Waals surface area contributed by atoms with Crippen LogP contribution in [0.5, 0.6) is 17.4 Å². The van der Waals surface area contributed by atoms with Gasteiger partial charge in [0, 0.05) is 25.2 Å². The van der Waals surface area contributed by atoms with Crippen molar-refractivity contribution < 1.29 is 41.7 Å². The normalized spacial score (nSPS) is 14.2. The minimum atomic E-state index is -1.32. The highest BCUT2D eigenvalue weighted by molar-refractivity contribution is 5.92. The van der Waals surface area contributed by atoms with Crippen molar-refractivity contribution in [3.8, 4) is 23.4 Å². The molecule has 0 radical (unpaired) electrons. The Hall–Kier alpha value is -5.48. The zero-order valence-corrected chi connectivity index (χ0v) is 23.3. The van der Waals surface area contributed by atoms with Crippen molar-refractivity contribution in [2.24, 2.45) is 0 Å². The third-order valence-corrected chi connectivity index (χ3v) is 7.19. The molecule has 0 bridgehead atoms. The summed E-state index contributed by atoms with van der Waals surface area (Å²) in [6.45, 7) is 0.601. The second-order valence-electron chi connectivity index (χ2n) is 10.2. The van der Waals surface area contributed by atoms with Gasteiger partial charge in [-0.25, -0.2) is 32.3 Å². The Morgan fingerprint density at radius 3 is 2.51 bits per heavy atom.